The zero-order valence-corrected chi connectivity index (χ0v) is 16.0. The molecule has 1 amide bonds. The molecule has 2 fully saturated rings. The van der Waals surface area contributed by atoms with Crippen LogP contribution in [0.25, 0.3) is 0 Å². The molecule has 7 unspecified atom stereocenters. The number of hydrogen-bond donors (Lipinski definition) is 2. The summed E-state index contributed by atoms with van der Waals surface area (Å²) in [4.78, 5) is 27.2. The van der Waals surface area contributed by atoms with E-state index < -0.39 is 29.4 Å². The van der Waals surface area contributed by atoms with Crippen molar-refractivity contribution in [3.63, 3.8) is 0 Å². The lowest BCUT2D eigenvalue weighted by atomic mass is 9.78. The van der Waals surface area contributed by atoms with Gasteiger partial charge in [-0.15, -0.1) is 6.58 Å². The van der Waals surface area contributed by atoms with Gasteiger partial charge in [-0.2, -0.15) is 0 Å². The summed E-state index contributed by atoms with van der Waals surface area (Å²) in [6.07, 6.45) is 8.21. The predicted octanol–water partition coefficient (Wildman–Crippen LogP) is 2.85. The number of amides is 1. The first-order valence-electron chi connectivity index (χ1n) is 9.70. The van der Waals surface area contributed by atoms with Crippen molar-refractivity contribution in [2.75, 3.05) is 0 Å². The second-order valence-electron chi connectivity index (χ2n) is 9.16. The van der Waals surface area contributed by atoms with Gasteiger partial charge in [0.15, 0.2) is 0 Å². The van der Waals surface area contributed by atoms with Crippen molar-refractivity contribution < 1.29 is 19.8 Å². The fourth-order valence-corrected chi connectivity index (χ4v) is 5.33. The van der Waals surface area contributed by atoms with Gasteiger partial charge in [0.2, 0.25) is 5.91 Å². The number of aliphatic hydroxyl groups excluding tert-OH is 1. The van der Waals surface area contributed by atoms with E-state index in [1.165, 1.54) is 0 Å². The quantitative estimate of drug-likeness (QED) is 0.755. The average molecular weight is 361 g/mol. The van der Waals surface area contributed by atoms with Crippen molar-refractivity contribution in [1.82, 2.24) is 4.90 Å². The van der Waals surface area contributed by atoms with Gasteiger partial charge < -0.3 is 15.1 Å². The molecule has 0 aromatic carbocycles. The molecule has 5 nitrogen and oxygen atoms in total. The van der Waals surface area contributed by atoms with Crippen LogP contribution in [-0.2, 0) is 9.59 Å². The smallest absolute Gasteiger partial charge is 0.307 e. The number of hydrogen-bond acceptors (Lipinski definition) is 3. The molecule has 2 N–H and O–H groups in total. The van der Waals surface area contributed by atoms with Crippen LogP contribution in [-0.4, -0.2) is 44.7 Å². The van der Waals surface area contributed by atoms with E-state index in [-0.39, 0.29) is 29.7 Å². The molecule has 144 valence electrons. The van der Waals surface area contributed by atoms with Gasteiger partial charge in [-0.3, -0.25) is 9.59 Å². The molecular weight excluding hydrogens is 330 g/mol. The summed E-state index contributed by atoms with van der Waals surface area (Å²) in [5.74, 6) is -1.94. The maximum Gasteiger partial charge on any atom is 0.307 e. The number of carbonyl (C=O) groups excluding carboxylic acids is 1. The summed E-state index contributed by atoms with van der Waals surface area (Å²) in [6.45, 7) is 9.73. The first kappa shape index (κ1) is 19.2. The molecule has 7 atom stereocenters. The highest BCUT2D eigenvalue weighted by atomic mass is 16.4. The number of carboxylic acids is 1. The largest absolute Gasteiger partial charge is 0.481 e. The molecule has 0 radical (unpaired) electrons. The summed E-state index contributed by atoms with van der Waals surface area (Å²) in [6, 6.07) is -0.267. The summed E-state index contributed by atoms with van der Waals surface area (Å²) in [5.41, 5.74) is -0.474. The van der Waals surface area contributed by atoms with E-state index in [2.05, 4.69) is 6.58 Å². The normalized spacial score (nSPS) is 39.0. The van der Waals surface area contributed by atoms with Gasteiger partial charge in [-0.25, -0.2) is 0 Å². The number of allylic oxidation sites excluding steroid dienone is 3. The van der Waals surface area contributed by atoms with E-state index >= 15 is 0 Å². The first-order valence-corrected chi connectivity index (χ1v) is 9.70. The molecule has 2 saturated carbocycles. The third kappa shape index (κ3) is 3.22. The van der Waals surface area contributed by atoms with Crippen molar-refractivity contribution in [1.29, 1.82) is 0 Å². The minimum Gasteiger partial charge on any atom is -0.481 e. The Balaban J connectivity index is 1.89. The number of carbonyl (C=O) groups is 2. The molecule has 5 heteroatoms. The Labute approximate surface area is 155 Å². The van der Waals surface area contributed by atoms with Gasteiger partial charge >= 0.3 is 5.97 Å². The van der Waals surface area contributed by atoms with E-state index in [1.54, 1.807) is 4.90 Å². The summed E-state index contributed by atoms with van der Waals surface area (Å²) >= 11 is 0. The second-order valence-corrected chi connectivity index (χ2v) is 9.16. The molecule has 0 aliphatic heterocycles. The van der Waals surface area contributed by atoms with Crippen molar-refractivity contribution in [2.45, 2.75) is 64.1 Å². The molecule has 3 aliphatic carbocycles. The van der Waals surface area contributed by atoms with Crippen molar-refractivity contribution in [2.24, 2.45) is 29.6 Å². The van der Waals surface area contributed by atoms with Crippen molar-refractivity contribution in [3.05, 3.63) is 24.8 Å². The van der Waals surface area contributed by atoms with E-state index in [4.69, 9.17) is 0 Å². The third-order valence-corrected chi connectivity index (χ3v) is 6.48. The number of aliphatic hydroxyl groups is 1. The van der Waals surface area contributed by atoms with Crippen LogP contribution in [0.15, 0.2) is 24.8 Å². The fourth-order valence-electron chi connectivity index (χ4n) is 5.33. The van der Waals surface area contributed by atoms with Gasteiger partial charge in [0, 0.05) is 5.54 Å². The topological polar surface area (TPSA) is 77.8 Å². The van der Waals surface area contributed by atoms with Crippen LogP contribution in [0.4, 0.5) is 0 Å². The molecule has 0 heterocycles. The minimum absolute atomic E-state index is 0.0000991. The lowest BCUT2D eigenvalue weighted by Crippen LogP contribution is -2.60. The molecular formula is C21H31NO4. The first-order chi connectivity index (χ1) is 12.1. The highest BCUT2D eigenvalue weighted by Crippen LogP contribution is 2.50. The van der Waals surface area contributed by atoms with Crippen LogP contribution in [0.1, 0.15) is 46.5 Å². The average Bonchev–Trinajstić information content (AvgIpc) is 3.16. The summed E-state index contributed by atoms with van der Waals surface area (Å²) in [7, 11) is 0. The molecule has 26 heavy (non-hydrogen) atoms. The van der Waals surface area contributed by atoms with Crippen LogP contribution < -0.4 is 0 Å². The Morgan fingerprint density at radius 3 is 2.23 bits per heavy atom. The second kappa shape index (κ2) is 6.84. The minimum atomic E-state index is -0.884. The Morgan fingerprint density at radius 1 is 1.12 bits per heavy atom. The zero-order chi connectivity index (χ0) is 19.2. The van der Waals surface area contributed by atoms with Gasteiger partial charge in [-0.1, -0.05) is 18.2 Å². The van der Waals surface area contributed by atoms with Crippen LogP contribution in [0.2, 0.25) is 0 Å². The Kier molecular flexibility index (Phi) is 5.04. The lowest BCUT2D eigenvalue weighted by molar-refractivity contribution is -0.158. The third-order valence-electron chi connectivity index (χ3n) is 6.48. The lowest BCUT2D eigenvalue weighted by Gasteiger charge is -2.48. The van der Waals surface area contributed by atoms with Gasteiger partial charge in [0.25, 0.3) is 0 Å². The maximum atomic E-state index is 13.6. The molecule has 0 saturated heterocycles. The molecule has 0 aromatic rings. The van der Waals surface area contributed by atoms with E-state index in [1.807, 2.05) is 39.0 Å². The summed E-state index contributed by atoms with van der Waals surface area (Å²) < 4.78 is 0. The zero-order valence-electron chi connectivity index (χ0n) is 16.0. The number of fused-ring (bicyclic) bond motifs is 2. The highest BCUT2D eigenvalue weighted by Gasteiger charge is 2.54. The van der Waals surface area contributed by atoms with E-state index in [0.29, 0.717) is 6.42 Å². The Bertz CT molecular complexity index is 620. The summed E-state index contributed by atoms with van der Waals surface area (Å²) in [5, 5.41) is 20.4. The molecule has 0 aromatic heterocycles. The number of rotatable bonds is 4. The molecule has 0 spiro atoms. The fraction of sp³-hybridized carbons (Fsp3) is 0.714. The number of carboxylic acid groups (broad SMARTS) is 1. The van der Waals surface area contributed by atoms with Gasteiger partial charge in [0.05, 0.1) is 24.0 Å². The van der Waals surface area contributed by atoms with Crippen molar-refractivity contribution >= 4 is 11.9 Å². The monoisotopic (exact) mass is 361 g/mol. The highest BCUT2D eigenvalue weighted by molar-refractivity contribution is 5.87. The Morgan fingerprint density at radius 2 is 1.73 bits per heavy atom. The van der Waals surface area contributed by atoms with Gasteiger partial charge in [-0.05, 0) is 64.2 Å². The molecule has 3 aliphatic rings. The van der Waals surface area contributed by atoms with E-state index in [9.17, 15) is 19.8 Å². The van der Waals surface area contributed by atoms with E-state index in [0.717, 1.165) is 19.3 Å². The van der Waals surface area contributed by atoms with Crippen LogP contribution in [0, 0.1) is 29.6 Å². The molecule has 3 rings (SSSR count). The van der Waals surface area contributed by atoms with Gasteiger partial charge in [0.1, 0.15) is 0 Å². The molecule has 2 bridgehead atoms. The van der Waals surface area contributed by atoms with Crippen molar-refractivity contribution in [3.8, 4) is 0 Å². The number of aliphatic carboxylic acids is 1. The van der Waals surface area contributed by atoms with Crippen LogP contribution >= 0.6 is 0 Å². The van der Waals surface area contributed by atoms with Crippen LogP contribution in [0.3, 0.4) is 0 Å². The SMILES string of the molecule is C=CC1CCC(N(C(=O)C2C3C=CC(C3)C2C(=O)O)C(C)(C)C)C(O)C1. The standard InChI is InChI=1S/C21H31NO4/c1-5-12-6-9-15(16(23)10-12)22(21(2,3)4)19(24)17-13-7-8-14(11-13)18(17)20(25)26/h5,7-8,12-18,23H,1,6,9-11H2,2-4H3,(H,25,26). The number of nitrogens with zero attached hydrogens (tertiary/aromatic N) is 1. The maximum absolute atomic E-state index is 13.6. The Hall–Kier alpha value is -1.62. The predicted molar refractivity (Wildman–Crippen MR) is 99.3 cm³/mol. The van der Waals surface area contributed by atoms with Crippen LogP contribution in [0.5, 0.6) is 0 Å².